The SMILES string of the molecule is CCOC(=O)CCC(=O)Cc1sccc1Br. The summed E-state index contributed by atoms with van der Waals surface area (Å²) in [5.41, 5.74) is 0. The number of ether oxygens (including phenoxy) is 1. The highest BCUT2D eigenvalue weighted by atomic mass is 79.9. The number of carbonyl (C=O) groups excluding carboxylic acids is 2. The van der Waals surface area contributed by atoms with Crippen molar-refractivity contribution in [3.8, 4) is 0 Å². The highest BCUT2D eigenvalue weighted by Gasteiger charge is 2.10. The molecule has 5 heteroatoms. The van der Waals surface area contributed by atoms with Crippen LogP contribution in [0, 0.1) is 0 Å². The second-order valence-corrected chi connectivity index (χ2v) is 5.07. The van der Waals surface area contributed by atoms with E-state index < -0.39 is 0 Å². The standard InChI is InChI=1S/C11H13BrO3S/c1-2-15-11(14)4-3-8(13)7-10-9(12)5-6-16-10/h5-6H,2-4,7H2,1H3. The van der Waals surface area contributed by atoms with Crippen molar-refractivity contribution in [2.24, 2.45) is 0 Å². The molecule has 0 aliphatic heterocycles. The van der Waals surface area contributed by atoms with Gasteiger partial charge in [-0.25, -0.2) is 0 Å². The Hall–Kier alpha value is -0.680. The average Bonchev–Trinajstić information content (AvgIpc) is 2.62. The van der Waals surface area contributed by atoms with Crippen molar-refractivity contribution in [2.75, 3.05) is 6.61 Å². The summed E-state index contributed by atoms with van der Waals surface area (Å²) >= 11 is 4.90. The normalized spacial score (nSPS) is 10.1. The fourth-order valence-electron chi connectivity index (χ4n) is 1.19. The summed E-state index contributed by atoms with van der Waals surface area (Å²) in [6.07, 6.45) is 0.816. The van der Waals surface area contributed by atoms with Crippen LogP contribution in [0.25, 0.3) is 0 Å². The first-order valence-electron chi connectivity index (χ1n) is 5.02. The van der Waals surface area contributed by atoms with Gasteiger partial charge < -0.3 is 4.74 Å². The lowest BCUT2D eigenvalue weighted by Gasteiger charge is -2.01. The predicted molar refractivity (Wildman–Crippen MR) is 66.6 cm³/mol. The van der Waals surface area contributed by atoms with Crippen molar-refractivity contribution in [1.29, 1.82) is 0 Å². The van der Waals surface area contributed by atoms with Crippen molar-refractivity contribution < 1.29 is 14.3 Å². The number of ketones is 1. The van der Waals surface area contributed by atoms with Crippen LogP contribution in [0.4, 0.5) is 0 Å². The predicted octanol–water partition coefficient (Wildman–Crippen LogP) is 2.97. The Kier molecular flexibility index (Phi) is 5.69. The Morgan fingerprint density at radius 1 is 1.44 bits per heavy atom. The van der Waals surface area contributed by atoms with Crippen LogP contribution in [0.3, 0.4) is 0 Å². The molecule has 88 valence electrons. The summed E-state index contributed by atoms with van der Waals surface area (Å²) < 4.78 is 5.71. The topological polar surface area (TPSA) is 43.4 Å². The third kappa shape index (κ3) is 4.45. The zero-order valence-electron chi connectivity index (χ0n) is 8.99. The molecule has 0 spiro atoms. The molecule has 0 saturated heterocycles. The van der Waals surface area contributed by atoms with Gasteiger partial charge in [-0.15, -0.1) is 11.3 Å². The van der Waals surface area contributed by atoms with Crippen molar-refractivity contribution >= 4 is 39.0 Å². The van der Waals surface area contributed by atoms with Gasteiger partial charge in [0.25, 0.3) is 0 Å². The van der Waals surface area contributed by atoms with Crippen LogP contribution in [-0.4, -0.2) is 18.4 Å². The van der Waals surface area contributed by atoms with E-state index in [4.69, 9.17) is 4.74 Å². The Bertz CT molecular complexity index is 373. The molecule has 0 radical (unpaired) electrons. The molecular weight excluding hydrogens is 292 g/mol. The maximum Gasteiger partial charge on any atom is 0.306 e. The van der Waals surface area contributed by atoms with Gasteiger partial charge in [-0.3, -0.25) is 9.59 Å². The van der Waals surface area contributed by atoms with E-state index >= 15 is 0 Å². The second kappa shape index (κ2) is 6.81. The largest absolute Gasteiger partial charge is 0.466 e. The average molecular weight is 305 g/mol. The molecule has 1 heterocycles. The first-order valence-corrected chi connectivity index (χ1v) is 6.70. The lowest BCUT2D eigenvalue weighted by atomic mass is 10.1. The highest BCUT2D eigenvalue weighted by molar-refractivity contribution is 9.10. The summed E-state index contributed by atoms with van der Waals surface area (Å²) in [7, 11) is 0. The lowest BCUT2D eigenvalue weighted by Crippen LogP contribution is -2.09. The van der Waals surface area contributed by atoms with E-state index in [1.54, 1.807) is 6.92 Å². The Morgan fingerprint density at radius 3 is 2.75 bits per heavy atom. The van der Waals surface area contributed by atoms with E-state index in [1.807, 2.05) is 11.4 Å². The van der Waals surface area contributed by atoms with Gasteiger partial charge in [-0.2, -0.15) is 0 Å². The number of rotatable bonds is 6. The Morgan fingerprint density at radius 2 is 2.19 bits per heavy atom. The van der Waals surface area contributed by atoms with Gasteiger partial charge in [-0.1, -0.05) is 0 Å². The van der Waals surface area contributed by atoms with Gasteiger partial charge in [0.05, 0.1) is 13.0 Å². The molecule has 0 fully saturated rings. The van der Waals surface area contributed by atoms with E-state index in [9.17, 15) is 9.59 Å². The van der Waals surface area contributed by atoms with Crippen molar-refractivity contribution in [3.05, 3.63) is 20.8 Å². The maximum atomic E-state index is 11.5. The van der Waals surface area contributed by atoms with E-state index in [-0.39, 0.29) is 24.6 Å². The van der Waals surface area contributed by atoms with Crippen LogP contribution in [0.2, 0.25) is 0 Å². The minimum absolute atomic E-state index is 0.0659. The molecule has 0 aliphatic carbocycles. The fraction of sp³-hybridized carbons (Fsp3) is 0.455. The van der Waals surface area contributed by atoms with Crippen LogP contribution in [-0.2, 0) is 20.7 Å². The molecule has 0 unspecified atom stereocenters. The molecule has 1 aromatic heterocycles. The number of thiophene rings is 1. The molecule has 0 amide bonds. The smallest absolute Gasteiger partial charge is 0.306 e. The molecular formula is C11H13BrO3S. The van der Waals surface area contributed by atoms with Gasteiger partial charge in [-0.05, 0) is 34.3 Å². The molecule has 3 nitrogen and oxygen atoms in total. The summed E-state index contributed by atoms with van der Waals surface area (Å²) in [5.74, 6) is -0.239. The minimum atomic E-state index is -0.305. The zero-order valence-corrected chi connectivity index (χ0v) is 11.4. The third-order valence-electron chi connectivity index (χ3n) is 1.96. The second-order valence-electron chi connectivity index (χ2n) is 3.21. The van der Waals surface area contributed by atoms with Crippen molar-refractivity contribution in [1.82, 2.24) is 0 Å². The molecule has 0 aromatic carbocycles. The van der Waals surface area contributed by atoms with Crippen LogP contribution in [0.1, 0.15) is 24.6 Å². The van der Waals surface area contributed by atoms with Crippen LogP contribution in [0.5, 0.6) is 0 Å². The van der Waals surface area contributed by atoms with Crippen molar-refractivity contribution in [2.45, 2.75) is 26.2 Å². The number of carbonyl (C=O) groups is 2. The number of Topliss-reactive ketones (excluding diaryl/α,β-unsaturated/α-hetero) is 1. The van der Waals surface area contributed by atoms with Gasteiger partial charge in [0, 0.05) is 22.2 Å². The summed E-state index contributed by atoms with van der Waals surface area (Å²) in [6, 6.07) is 1.92. The summed E-state index contributed by atoms with van der Waals surface area (Å²) in [5, 5.41) is 1.93. The monoisotopic (exact) mass is 304 g/mol. The number of esters is 1. The summed E-state index contributed by atoms with van der Waals surface area (Å²) in [4.78, 5) is 23.6. The van der Waals surface area contributed by atoms with Crippen molar-refractivity contribution in [3.63, 3.8) is 0 Å². The first kappa shape index (κ1) is 13.4. The van der Waals surface area contributed by atoms with E-state index in [0.29, 0.717) is 13.0 Å². The Balaban J connectivity index is 2.32. The van der Waals surface area contributed by atoms with Crippen LogP contribution < -0.4 is 0 Å². The number of hydrogen-bond acceptors (Lipinski definition) is 4. The molecule has 1 aromatic rings. The maximum absolute atomic E-state index is 11.5. The van der Waals surface area contributed by atoms with Gasteiger partial charge in [0.1, 0.15) is 5.78 Å². The van der Waals surface area contributed by atoms with Crippen LogP contribution in [0.15, 0.2) is 15.9 Å². The molecule has 1 rings (SSSR count). The number of hydrogen-bond donors (Lipinski definition) is 0. The molecule has 0 bridgehead atoms. The quantitative estimate of drug-likeness (QED) is 0.759. The molecule has 0 saturated carbocycles. The lowest BCUT2D eigenvalue weighted by molar-refractivity contribution is -0.144. The Labute approximate surface area is 107 Å². The fourth-order valence-corrected chi connectivity index (χ4v) is 2.71. The van der Waals surface area contributed by atoms with Gasteiger partial charge in [0.15, 0.2) is 0 Å². The van der Waals surface area contributed by atoms with Crippen LogP contribution >= 0.6 is 27.3 Å². The molecule has 16 heavy (non-hydrogen) atoms. The van der Waals surface area contributed by atoms with Gasteiger partial charge >= 0.3 is 5.97 Å². The number of halogens is 1. The van der Waals surface area contributed by atoms with Gasteiger partial charge in [0.2, 0.25) is 0 Å². The first-order chi connectivity index (χ1) is 7.63. The highest BCUT2D eigenvalue weighted by Crippen LogP contribution is 2.23. The zero-order chi connectivity index (χ0) is 12.0. The summed E-state index contributed by atoms with van der Waals surface area (Å²) in [6.45, 7) is 2.12. The minimum Gasteiger partial charge on any atom is -0.466 e. The molecule has 0 aliphatic rings. The van der Waals surface area contributed by atoms with E-state index in [1.165, 1.54) is 11.3 Å². The molecule has 0 atom stereocenters. The van der Waals surface area contributed by atoms with E-state index in [2.05, 4.69) is 15.9 Å². The third-order valence-corrected chi connectivity index (χ3v) is 3.89. The molecule has 0 N–H and O–H groups in total. The van der Waals surface area contributed by atoms with E-state index in [0.717, 1.165) is 9.35 Å².